The van der Waals surface area contributed by atoms with Crippen molar-refractivity contribution in [1.82, 2.24) is 14.8 Å². The minimum Gasteiger partial charge on any atom is -0.494 e. The van der Waals surface area contributed by atoms with Gasteiger partial charge in [0.15, 0.2) is 11.0 Å². The van der Waals surface area contributed by atoms with Crippen molar-refractivity contribution in [3.63, 3.8) is 0 Å². The summed E-state index contributed by atoms with van der Waals surface area (Å²) in [6.45, 7) is 0. The standard InChI is InChI=1S/C20H18FN5O4S/c1-30-17-10-13(26(28)29)8-9-16(17)22-18(27)11-31-20-24-23-19(25(20)12-6-7-12)14-4-2-3-5-15(14)21/h2-5,8-10,12H,6-7,11H2,1H3,(H,22,27). The second-order valence-corrected chi connectivity index (χ2v) is 7.81. The van der Waals surface area contributed by atoms with E-state index in [0.29, 0.717) is 22.2 Å². The van der Waals surface area contributed by atoms with Crippen molar-refractivity contribution in [3.8, 4) is 17.1 Å². The Bertz CT molecular complexity index is 1150. The van der Waals surface area contributed by atoms with E-state index in [4.69, 9.17) is 4.74 Å². The Morgan fingerprint density at radius 2 is 2.10 bits per heavy atom. The lowest BCUT2D eigenvalue weighted by molar-refractivity contribution is -0.384. The molecule has 0 saturated heterocycles. The van der Waals surface area contributed by atoms with Gasteiger partial charge in [-0.2, -0.15) is 0 Å². The Kier molecular flexibility index (Phi) is 5.85. The number of nitrogens with one attached hydrogen (secondary N) is 1. The van der Waals surface area contributed by atoms with E-state index in [1.54, 1.807) is 18.2 Å². The average molecular weight is 443 g/mol. The molecule has 1 aliphatic rings. The maximum absolute atomic E-state index is 14.2. The van der Waals surface area contributed by atoms with Gasteiger partial charge in [-0.05, 0) is 31.0 Å². The summed E-state index contributed by atoms with van der Waals surface area (Å²) in [5.74, 6) is -0.0511. The zero-order chi connectivity index (χ0) is 22.0. The normalized spacial score (nSPS) is 13.1. The van der Waals surface area contributed by atoms with Crippen LogP contribution in [-0.4, -0.2) is 38.5 Å². The molecule has 2 aromatic carbocycles. The molecular formula is C20H18FN5O4S. The van der Waals surface area contributed by atoms with Gasteiger partial charge in [0.05, 0.1) is 35.1 Å². The van der Waals surface area contributed by atoms with Gasteiger partial charge in [0.1, 0.15) is 11.6 Å². The van der Waals surface area contributed by atoms with E-state index in [1.807, 2.05) is 4.57 Å². The molecule has 160 valence electrons. The van der Waals surface area contributed by atoms with Crippen molar-refractivity contribution in [3.05, 3.63) is 58.4 Å². The zero-order valence-electron chi connectivity index (χ0n) is 16.4. The second kappa shape index (κ2) is 8.72. The molecule has 0 radical (unpaired) electrons. The lowest BCUT2D eigenvalue weighted by Crippen LogP contribution is -2.15. The summed E-state index contributed by atoms with van der Waals surface area (Å²) in [5.41, 5.74) is 0.561. The van der Waals surface area contributed by atoms with Gasteiger partial charge >= 0.3 is 0 Å². The molecule has 0 aliphatic heterocycles. The first-order chi connectivity index (χ1) is 15.0. The summed E-state index contributed by atoms with van der Waals surface area (Å²) < 4.78 is 21.3. The maximum Gasteiger partial charge on any atom is 0.273 e. The van der Waals surface area contributed by atoms with Crippen molar-refractivity contribution >= 4 is 29.0 Å². The third-order valence-electron chi connectivity index (χ3n) is 4.69. The molecule has 1 amide bonds. The van der Waals surface area contributed by atoms with Crippen LogP contribution in [0.1, 0.15) is 18.9 Å². The third-order valence-corrected chi connectivity index (χ3v) is 5.64. The number of hydrogen-bond donors (Lipinski definition) is 1. The van der Waals surface area contributed by atoms with E-state index >= 15 is 0 Å². The first kappa shape index (κ1) is 20.8. The molecule has 31 heavy (non-hydrogen) atoms. The molecule has 3 aromatic rings. The molecular weight excluding hydrogens is 425 g/mol. The average Bonchev–Trinajstić information content (AvgIpc) is 3.52. The molecule has 1 heterocycles. The van der Waals surface area contributed by atoms with E-state index in [9.17, 15) is 19.3 Å². The molecule has 1 aliphatic carbocycles. The van der Waals surface area contributed by atoms with Crippen LogP contribution in [0.25, 0.3) is 11.4 Å². The number of nitro benzene ring substituents is 1. The Morgan fingerprint density at radius 3 is 2.77 bits per heavy atom. The lowest BCUT2D eigenvalue weighted by atomic mass is 10.2. The number of carbonyl (C=O) groups excluding carboxylic acids is 1. The fourth-order valence-corrected chi connectivity index (χ4v) is 3.88. The van der Waals surface area contributed by atoms with Gasteiger partial charge in [0, 0.05) is 12.1 Å². The van der Waals surface area contributed by atoms with Crippen LogP contribution in [0.15, 0.2) is 47.6 Å². The van der Waals surface area contributed by atoms with Crippen LogP contribution in [0.5, 0.6) is 5.75 Å². The van der Waals surface area contributed by atoms with Gasteiger partial charge in [-0.1, -0.05) is 23.9 Å². The summed E-state index contributed by atoms with van der Waals surface area (Å²) in [7, 11) is 1.37. The number of carbonyl (C=O) groups is 1. The summed E-state index contributed by atoms with van der Waals surface area (Å²) in [4.78, 5) is 22.8. The topological polar surface area (TPSA) is 112 Å². The predicted octanol–water partition coefficient (Wildman–Crippen LogP) is 4.07. The largest absolute Gasteiger partial charge is 0.494 e. The summed E-state index contributed by atoms with van der Waals surface area (Å²) in [6, 6.07) is 10.5. The maximum atomic E-state index is 14.2. The van der Waals surface area contributed by atoms with Crippen LogP contribution in [0.4, 0.5) is 15.8 Å². The number of non-ortho nitro benzene ring substituents is 1. The number of ether oxygens (including phenoxy) is 1. The fourth-order valence-electron chi connectivity index (χ4n) is 3.08. The highest BCUT2D eigenvalue weighted by molar-refractivity contribution is 7.99. The Balaban J connectivity index is 1.48. The molecule has 1 fully saturated rings. The van der Waals surface area contributed by atoms with Crippen LogP contribution < -0.4 is 10.1 Å². The quantitative estimate of drug-likeness (QED) is 0.317. The number of methoxy groups -OCH3 is 1. The van der Waals surface area contributed by atoms with E-state index in [0.717, 1.165) is 12.8 Å². The Labute approximate surface area is 180 Å². The predicted molar refractivity (Wildman–Crippen MR) is 113 cm³/mol. The highest BCUT2D eigenvalue weighted by Crippen LogP contribution is 2.41. The minimum atomic E-state index is -0.540. The highest BCUT2D eigenvalue weighted by atomic mass is 32.2. The summed E-state index contributed by atoms with van der Waals surface area (Å²) in [6.07, 6.45) is 1.89. The molecule has 0 spiro atoms. The number of nitrogens with zero attached hydrogens (tertiary/aromatic N) is 4. The molecule has 0 unspecified atom stereocenters. The molecule has 4 rings (SSSR count). The first-order valence-electron chi connectivity index (χ1n) is 9.43. The number of hydrogen-bond acceptors (Lipinski definition) is 7. The zero-order valence-corrected chi connectivity index (χ0v) is 17.3. The van der Waals surface area contributed by atoms with Crippen molar-refractivity contribution in [2.24, 2.45) is 0 Å². The Morgan fingerprint density at radius 1 is 1.32 bits per heavy atom. The molecule has 1 saturated carbocycles. The SMILES string of the molecule is COc1cc([N+](=O)[O-])ccc1NC(=O)CSc1nnc(-c2ccccc2F)n1C1CC1. The van der Waals surface area contributed by atoms with Crippen LogP contribution in [0.3, 0.4) is 0 Å². The number of amides is 1. The molecule has 0 atom stereocenters. The van der Waals surface area contributed by atoms with Crippen LogP contribution in [-0.2, 0) is 4.79 Å². The second-order valence-electron chi connectivity index (χ2n) is 6.87. The third kappa shape index (κ3) is 4.50. The van der Waals surface area contributed by atoms with Gasteiger partial charge in [-0.15, -0.1) is 10.2 Å². The summed E-state index contributed by atoms with van der Waals surface area (Å²) in [5, 5.41) is 22.4. The van der Waals surface area contributed by atoms with Crippen molar-refractivity contribution < 1.29 is 18.8 Å². The van der Waals surface area contributed by atoms with Crippen molar-refractivity contribution in [2.75, 3.05) is 18.2 Å². The smallest absolute Gasteiger partial charge is 0.273 e. The number of rotatable bonds is 8. The lowest BCUT2D eigenvalue weighted by Gasteiger charge is -2.11. The minimum absolute atomic E-state index is 0.0300. The number of aromatic nitrogens is 3. The van der Waals surface area contributed by atoms with Gasteiger partial charge < -0.3 is 10.1 Å². The number of thioether (sulfide) groups is 1. The van der Waals surface area contributed by atoms with Crippen molar-refractivity contribution in [1.29, 1.82) is 0 Å². The first-order valence-corrected chi connectivity index (χ1v) is 10.4. The number of benzene rings is 2. The highest BCUT2D eigenvalue weighted by Gasteiger charge is 2.31. The number of halogens is 1. The van der Waals surface area contributed by atoms with E-state index in [1.165, 1.54) is 43.1 Å². The molecule has 1 aromatic heterocycles. The number of anilines is 1. The van der Waals surface area contributed by atoms with Gasteiger partial charge in [0.25, 0.3) is 5.69 Å². The van der Waals surface area contributed by atoms with Crippen LogP contribution >= 0.6 is 11.8 Å². The molecule has 1 N–H and O–H groups in total. The monoisotopic (exact) mass is 443 g/mol. The van der Waals surface area contributed by atoms with Crippen LogP contribution in [0.2, 0.25) is 0 Å². The van der Waals surface area contributed by atoms with Crippen molar-refractivity contribution in [2.45, 2.75) is 24.0 Å². The van der Waals surface area contributed by atoms with Gasteiger partial charge in [-0.3, -0.25) is 19.5 Å². The fraction of sp³-hybridized carbons (Fsp3) is 0.250. The molecule has 9 nitrogen and oxygen atoms in total. The van der Waals surface area contributed by atoms with Gasteiger partial charge in [0.2, 0.25) is 5.91 Å². The van der Waals surface area contributed by atoms with E-state index in [-0.39, 0.29) is 35.0 Å². The van der Waals surface area contributed by atoms with Crippen LogP contribution in [0, 0.1) is 15.9 Å². The summed E-state index contributed by atoms with van der Waals surface area (Å²) >= 11 is 1.19. The van der Waals surface area contributed by atoms with E-state index in [2.05, 4.69) is 15.5 Å². The van der Waals surface area contributed by atoms with E-state index < -0.39 is 4.92 Å². The van der Waals surface area contributed by atoms with Gasteiger partial charge in [-0.25, -0.2) is 4.39 Å². The molecule has 0 bridgehead atoms. The number of nitro groups is 1. The Hall–Kier alpha value is -3.47. The molecule has 11 heteroatoms.